The Bertz CT molecular complexity index is 873. The molecule has 0 aliphatic rings. The second-order valence-corrected chi connectivity index (χ2v) is 5.12. The van der Waals surface area contributed by atoms with Crippen LogP contribution in [0.4, 0.5) is 5.69 Å². The Labute approximate surface area is 125 Å². The lowest BCUT2D eigenvalue weighted by Crippen LogP contribution is -1.93. The Morgan fingerprint density at radius 1 is 1.33 bits per heavy atom. The van der Waals surface area contributed by atoms with Crippen molar-refractivity contribution in [2.45, 2.75) is 13.8 Å². The zero-order valence-corrected chi connectivity index (χ0v) is 12.1. The first-order chi connectivity index (χ1) is 9.97. The molecule has 0 saturated heterocycles. The predicted octanol–water partition coefficient (Wildman–Crippen LogP) is 3.80. The van der Waals surface area contributed by atoms with Gasteiger partial charge in [-0.2, -0.15) is 0 Å². The van der Waals surface area contributed by atoms with E-state index in [4.69, 9.17) is 11.6 Å². The SMILES string of the molecule is Cc1cnc(Cl)nc1-c1[nH]c2ccc([N+](=O)[O-])cc2c1C. The van der Waals surface area contributed by atoms with E-state index < -0.39 is 4.92 Å². The van der Waals surface area contributed by atoms with E-state index in [9.17, 15) is 10.1 Å². The maximum absolute atomic E-state index is 10.9. The van der Waals surface area contributed by atoms with Crippen LogP contribution in [-0.4, -0.2) is 19.9 Å². The molecule has 0 unspecified atom stereocenters. The van der Waals surface area contributed by atoms with Crippen LogP contribution in [0.3, 0.4) is 0 Å². The van der Waals surface area contributed by atoms with Gasteiger partial charge >= 0.3 is 0 Å². The minimum atomic E-state index is -0.404. The van der Waals surface area contributed by atoms with Crippen molar-refractivity contribution >= 4 is 28.2 Å². The normalized spacial score (nSPS) is 11.0. The number of hydrogen-bond donors (Lipinski definition) is 1. The van der Waals surface area contributed by atoms with Crippen molar-refractivity contribution in [3.05, 3.63) is 50.9 Å². The molecule has 1 N–H and O–H groups in total. The number of nitro benzene ring substituents is 1. The van der Waals surface area contributed by atoms with Crippen LogP contribution >= 0.6 is 11.6 Å². The van der Waals surface area contributed by atoms with Crippen molar-refractivity contribution in [1.29, 1.82) is 0 Å². The minimum absolute atomic E-state index is 0.0635. The highest BCUT2D eigenvalue weighted by molar-refractivity contribution is 6.28. The molecule has 0 saturated carbocycles. The molecule has 106 valence electrons. The van der Waals surface area contributed by atoms with Crippen molar-refractivity contribution in [1.82, 2.24) is 15.0 Å². The van der Waals surface area contributed by atoms with Crippen LogP contribution in [0.1, 0.15) is 11.1 Å². The molecule has 7 heteroatoms. The van der Waals surface area contributed by atoms with Gasteiger partial charge in [0.25, 0.3) is 5.69 Å². The van der Waals surface area contributed by atoms with Crippen LogP contribution in [0, 0.1) is 24.0 Å². The van der Waals surface area contributed by atoms with Crippen LogP contribution in [-0.2, 0) is 0 Å². The fraction of sp³-hybridized carbons (Fsp3) is 0.143. The van der Waals surface area contributed by atoms with Gasteiger partial charge in [0.15, 0.2) is 0 Å². The molecule has 21 heavy (non-hydrogen) atoms. The van der Waals surface area contributed by atoms with E-state index in [0.717, 1.165) is 27.7 Å². The molecule has 0 amide bonds. The molecule has 0 spiro atoms. The third-order valence-corrected chi connectivity index (χ3v) is 3.61. The Morgan fingerprint density at radius 2 is 2.10 bits per heavy atom. The van der Waals surface area contributed by atoms with Gasteiger partial charge in [0.2, 0.25) is 5.28 Å². The number of non-ortho nitro benzene ring substituents is 1. The van der Waals surface area contributed by atoms with Gasteiger partial charge in [0, 0.05) is 29.2 Å². The number of H-pyrrole nitrogens is 1. The Morgan fingerprint density at radius 3 is 2.81 bits per heavy atom. The zero-order valence-electron chi connectivity index (χ0n) is 11.3. The Hall–Kier alpha value is -2.47. The van der Waals surface area contributed by atoms with E-state index in [2.05, 4.69) is 15.0 Å². The topological polar surface area (TPSA) is 84.7 Å². The average molecular weight is 303 g/mol. The average Bonchev–Trinajstić information content (AvgIpc) is 2.78. The van der Waals surface area contributed by atoms with Gasteiger partial charge in [-0.15, -0.1) is 0 Å². The van der Waals surface area contributed by atoms with E-state index >= 15 is 0 Å². The van der Waals surface area contributed by atoms with E-state index in [-0.39, 0.29) is 11.0 Å². The largest absolute Gasteiger partial charge is 0.353 e. The molecule has 0 bridgehead atoms. The highest BCUT2D eigenvalue weighted by Gasteiger charge is 2.16. The molecule has 3 aromatic rings. The predicted molar refractivity (Wildman–Crippen MR) is 80.5 cm³/mol. The second kappa shape index (κ2) is 4.82. The van der Waals surface area contributed by atoms with Crippen molar-refractivity contribution in [3.63, 3.8) is 0 Å². The first kappa shape index (κ1) is 13.5. The molecule has 3 rings (SSSR count). The van der Waals surface area contributed by atoms with Crippen LogP contribution in [0.25, 0.3) is 22.3 Å². The number of nitrogens with one attached hydrogen (secondary N) is 1. The lowest BCUT2D eigenvalue weighted by atomic mass is 10.1. The van der Waals surface area contributed by atoms with Crippen molar-refractivity contribution in [2.24, 2.45) is 0 Å². The molecule has 2 aromatic heterocycles. The standard InChI is InChI=1S/C14H11ClN4O2/c1-7-6-16-14(15)18-12(7)13-8(2)10-5-9(19(20)21)3-4-11(10)17-13/h3-6,17H,1-2H3. The van der Waals surface area contributed by atoms with Gasteiger partial charge < -0.3 is 4.98 Å². The number of aromatic nitrogens is 3. The molecule has 0 aliphatic carbocycles. The number of rotatable bonds is 2. The number of benzene rings is 1. The number of aromatic amines is 1. The molecule has 1 aromatic carbocycles. The summed E-state index contributed by atoms with van der Waals surface area (Å²) in [5, 5.41) is 11.9. The number of hydrogen-bond acceptors (Lipinski definition) is 4. The smallest absolute Gasteiger partial charge is 0.270 e. The summed E-state index contributed by atoms with van der Waals surface area (Å²) in [6.07, 6.45) is 1.65. The Kier molecular flexibility index (Phi) is 3.10. The monoisotopic (exact) mass is 302 g/mol. The van der Waals surface area contributed by atoms with E-state index in [1.54, 1.807) is 18.3 Å². The van der Waals surface area contributed by atoms with E-state index in [0.29, 0.717) is 5.69 Å². The molecule has 2 heterocycles. The maximum atomic E-state index is 10.9. The quantitative estimate of drug-likeness (QED) is 0.443. The number of nitrogens with zero attached hydrogens (tertiary/aromatic N) is 3. The molecular weight excluding hydrogens is 292 g/mol. The number of fused-ring (bicyclic) bond motifs is 1. The highest BCUT2D eigenvalue weighted by atomic mass is 35.5. The fourth-order valence-electron chi connectivity index (χ4n) is 2.34. The second-order valence-electron chi connectivity index (χ2n) is 4.78. The number of aryl methyl sites for hydroxylation is 2. The van der Waals surface area contributed by atoms with Crippen LogP contribution < -0.4 is 0 Å². The lowest BCUT2D eigenvalue weighted by Gasteiger charge is -2.03. The summed E-state index contributed by atoms with van der Waals surface area (Å²) in [7, 11) is 0. The summed E-state index contributed by atoms with van der Waals surface area (Å²) in [5.74, 6) is 0. The summed E-state index contributed by atoms with van der Waals surface area (Å²) >= 11 is 5.86. The number of halogens is 1. The molecule has 0 fully saturated rings. The maximum Gasteiger partial charge on any atom is 0.270 e. The van der Waals surface area contributed by atoms with Crippen molar-refractivity contribution < 1.29 is 4.92 Å². The van der Waals surface area contributed by atoms with E-state index in [1.807, 2.05) is 13.8 Å². The summed E-state index contributed by atoms with van der Waals surface area (Å²) in [5.41, 5.74) is 4.16. The van der Waals surface area contributed by atoms with Gasteiger partial charge in [0.1, 0.15) is 0 Å². The van der Waals surface area contributed by atoms with Gasteiger partial charge in [-0.25, -0.2) is 9.97 Å². The zero-order chi connectivity index (χ0) is 15.1. The summed E-state index contributed by atoms with van der Waals surface area (Å²) in [6, 6.07) is 4.73. The van der Waals surface area contributed by atoms with Crippen LogP contribution in [0.2, 0.25) is 5.28 Å². The molecular formula is C14H11ClN4O2. The van der Waals surface area contributed by atoms with Crippen LogP contribution in [0.5, 0.6) is 0 Å². The van der Waals surface area contributed by atoms with Gasteiger partial charge in [-0.05, 0) is 42.6 Å². The molecule has 0 atom stereocenters. The summed E-state index contributed by atoms with van der Waals surface area (Å²) in [6.45, 7) is 3.78. The van der Waals surface area contributed by atoms with E-state index in [1.165, 1.54) is 6.07 Å². The third kappa shape index (κ3) is 2.23. The van der Waals surface area contributed by atoms with Gasteiger partial charge in [0.05, 0.1) is 16.3 Å². The van der Waals surface area contributed by atoms with Crippen molar-refractivity contribution in [3.8, 4) is 11.4 Å². The molecule has 0 radical (unpaired) electrons. The first-order valence-electron chi connectivity index (χ1n) is 6.23. The van der Waals surface area contributed by atoms with Gasteiger partial charge in [-0.1, -0.05) is 0 Å². The van der Waals surface area contributed by atoms with Crippen molar-refractivity contribution in [2.75, 3.05) is 0 Å². The lowest BCUT2D eigenvalue weighted by molar-refractivity contribution is -0.384. The number of nitro groups is 1. The summed E-state index contributed by atoms with van der Waals surface area (Å²) in [4.78, 5) is 21.9. The summed E-state index contributed by atoms with van der Waals surface area (Å²) < 4.78 is 0. The third-order valence-electron chi connectivity index (χ3n) is 3.43. The first-order valence-corrected chi connectivity index (χ1v) is 6.61. The fourth-order valence-corrected chi connectivity index (χ4v) is 2.47. The highest BCUT2D eigenvalue weighted by Crippen LogP contribution is 2.32. The van der Waals surface area contributed by atoms with Crippen LogP contribution in [0.15, 0.2) is 24.4 Å². The molecule has 0 aliphatic heterocycles. The Balaban J connectivity index is 2.27. The minimum Gasteiger partial charge on any atom is -0.353 e. The molecule has 6 nitrogen and oxygen atoms in total. The van der Waals surface area contributed by atoms with Gasteiger partial charge in [-0.3, -0.25) is 10.1 Å².